The fourth-order valence-corrected chi connectivity index (χ4v) is 5.10. The molecular formula is C17H23N5O3S2. The Kier molecular flexibility index (Phi) is 6.38. The van der Waals surface area contributed by atoms with Gasteiger partial charge in [0.15, 0.2) is 0 Å². The number of anilines is 2. The largest absolute Gasteiger partial charge is 0.462 e. The zero-order chi connectivity index (χ0) is 19.4. The molecule has 0 saturated carbocycles. The molecule has 1 atom stereocenters. The molecule has 3 rings (SSSR count). The summed E-state index contributed by atoms with van der Waals surface area (Å²) in [5.74, 6) is 0.370. The lowest BCUT2D eigenvalue weighted by atomic mass is 9.85. The molecule has 8 nitrogen and oxygen atoms in total. The second-order valence-corrected chi connectivity index (χ2v) is 8.33. The van der Waals surface area contributed by atoms with Crippen molar-refractivity contribution in [1.82, 2.24) is 15.2 Å². The Morgan fingerprint density at radius 2 is 2.26 bits per heavy atom. The Hall–Kier alpha value is -2.07. The first kappa shape index (κ1) is 19.7. The van der Waals surface area contributed by atoms with Crippen molar-refractivity contribution in [1.29, 1.82) is 0 Å². The summed E-state index contributed by atoms with van der Waals surface area (Å²) in [6.07, 6.45) is 3.97. The number of amides is 1. The lowest BCUT2D eigenvalue weighted by molar-refractivity contribution is -0.113. The van der Waals surface area contributed by atoms with E-state index in [1.165, 1.54) is 28.0 Å². The topological polar surface area (TPSA) is 123 Å². The highest BCUT2D eigenvalue weighted by Gasteiger charge is 2.29. The van der Waals surface area contributed by atoms with Crippen molar-refractivity contribution in [3.05, 3.63) is 16.0 Å². The van der Waals surface area contributed by atoms with E-state index in [9.17, 15) is 9.59 Å². The van der Waals surface area contributed by atoms with Gasteiger partial charge in [-0.1, -0.05) is 25.1 Å². The molecule has 1 aliphatic carbocycles. The van der Waals surface area contributed by atoms with Crippen LogP contribution in [0.25, 0.3) is 0 Å². The van der Waals surface area contributed by atoms with Crippen molar-refractivity contribution in [3.63, 3.8) is 0 Å². The molecule has 0 saturated heterocycles. The fraction of sp³-hybridized carbons (Fsp3) is 0.529. The van der Waals surface area contributed by atoms with Crippen molar-refractivity contribution in [2.45, 2.75) is 44.7 Å². The molecule has 2 heterocycles. The molecule has 0 bridgehead atoms. The lowest BCUT2D eigenvalue weighted by Gasteiger charge is -2.20. The van der Waals surface area contributed by atoms with Crippen LogP contribution in [-0.4, -0.2) is 39.4 Å². The molecule has 1 amide bonds. The summed E-state index contributed by atoms with van der Waals surface area (Å²) >= 11 is 2.66. The van der Waals surface area contributed by atoms with Gasteiger partial charge in [0.05, 0.1) is 17.9 Å². The van der Waals surface area contributed by atoms with Crippen molar-refractivity contribution in [2.24, 2.45) is 5.92 Å². The van der Waals surface area contributed by atoms with E-state index in [4.69, 9.17) is 10.5 Å². The van der Waals surface area contributed by atoms with Gasteiger partial charge in [-0.2, -0.15) is 4.98 Å². The van der Waals surface area contributed by atoms with Gasteiger partial charge in [-0.05, 0) is 37.7 Å². The molecule has 0 aliphatic heterocycles. The number of hydrogen-bond donors (Lipinski definition) is 3. The summed E-state index contributed by atoms with van der Waals surface area (Å²) in [6, 6.07) is 0. The average molecular weight is 410 g/mol. The van der Waals surface area contributed by atoms with Crippen LogP contribution >= 0.6 is 23.1 Å². The van der Waals surface area contributed by atoms with Crippen LogP contribution in [0, 0.1) is 5.92 Å². The number of thioether (sulfide) groups is 1. The van der Waals surface area contributed by atoms with E-state index in [-0.39, 0.29) is 23.6 Å². The summed E-state index contributed by atoms with van der Waals surface area (Å²) in [4.78, 5) is 30.0. The Morgan fingerprint density at radius 3 is 2.93 bits per heavy atom. The number of carbonyl (C=O) groups is 2. The molecule has 0 spiro atoms. The number of rotatable bonds is 7. The van der Waals surface area contributed by atoms with Gasteiger partial charge in [0, 0.05) is 4.88 Å². The Bertz CT molecular complexity index is 833. The Morgan fingerprint density at radius 1 is 1.44 bits per heavy atom. The van der Waals surface area contributed by atoms with Crippen LogP contribution < -0.4 is 11.1 Å². The van der Waals surface area contributed by atoms with E-state index in [2.05, 4.69) is 27.4 Å². The standard InChI is InChI=1S/C17H23N5O3S2/c1-3-9-5-6-10-11(7-9)27-14(13(10)15(24)25-4-2)19-12(23)8-26-17-20-16(18)21-22-17/h9H,3-8H2,1-2H3,(H,19,23)(H3,18,20,21,22)/t9-/m0/s1. The molecule has 2 aromatic rings. The molecule has 0 aromatic carbocycles. The van der Waals surface area contributed by atoms with Gasteiger partial charge in [-0.3, -0.25) is 4.79 Å². The first-order valence-electron chi connectivity index (χ1n) is 8.93. The van der Waals surface area contributed by atoms with E-state index in [1.54, 1.807) is 6.92 Å². The smallest absolute Gasteiger partial charge is 0.341 e. The molecule has 0 fully saturated rings. The number of nitrogen functional groups attached to an aromatic ring is 1. The van der Waals surface area contributed by atoms with Crippen LogP contribution in [0.4, 0.5) is 10.9 Å². The van der Waals surface area contributed by atoms with Crippen LogP contribution in [0.5, 0.6) is 0 Å². The summed E-state index contributed by atoms with van der Waals surface area (Å²) in [5, 5.41) is 10.3. The van der Waals surface area contributed by atoms with Gasteiger partial charge in [-0.15, -0.1) is 16.4 Å². The van der Waals surface area contributed by atoms with Crippen LogP contribution in [0.2, 0.25) is 0 Å². The number of H-pyrrole nitrogens is 1. The maximum atomic E-state index is 12.5. The number of nitrogens with two attached hydrogens (primary N) is 1. The van der Waals surface area contributed by atoms with Crippen LogP contribution in [0.3, 0.4) is 0 Å². The fourth-order valence-electron chi connectivity index (χ4n) is 3.13. The predicted octanol–water partition coefficient (Wildman–Crippen LogP) is 2.87. The van der Waals surface area contributed by atoms with Gasteiger partial charge in [0.1, 0.15) is 5.00 Å². The molecule has 4 N–H and O–H groups in total. The second-order valence-electron chi connectivity index (χ2n) is 6.29. The number of ether oxygens (including phenoxy) is 1. The zero-order valence-electron chi connectivity index (χ0n) is 15.3. The number of nitrogens with one attached hydrogen (secondary N) is 2. The Balaban J connectivity index is 1.75. The highest BCUT2D eigenvalue weighted by atomic mass is 32.2. The number of carbonyl (C=O) groups excluding carboxylic acids is 2. The number of aromatic amines is 1. The number of fused-ring (bicyclic) bond motifs is 1. The van der Waals surface area contributed by atoms with Crippen molar-refractivity contribution in [2.75, 3.05) is 23.4 Å². The predicted molar refractivity (Wildman–Crippen MR) is 106 cm³/mol. The van der Waals surface area contributed by atoms with Crippen LogP contribution in [-0.2, 0) is 22.4 Å². The first-order valence-corrected chi connectivity index (χ1v) is 10.7. The van der Waals surface area contributed by atoms with E-state index < -0.39 is 0 Å². The maximum absolute atomic E-state index is 12.5. The first-order chi connectivity index (χ1) is 13.0. The zero-order valence-corrected chi connectivity index (χ0v) is 17.0. The number of aromatic nitrogens is 3. The molecule has 27 heavy (non-hydrogen) atoms. The van der Waals surface area contributed by atoms with Crippen molar-refractivity contribution < 1.29 is 14.3 Å². The van der Waals surface area contributed by atoms with Crippen LogP contribution in [0.15, 0.2) is 5.16 Å². The number of nitrogens with zero attached hydrogens (tertiary/aromatic N) is 2. The molecule has 146 valence electrons. The van der Waals surface area contributed by atoms with Crippen molar-refractivity contribution >= 4 is 45.9 Å². The van der Waals surface area contributed by atoms with Crippen LogP contribution in [0.1, 0.15) is 47.5 Å². The monoisotopic (exact) mass is 409 g/mol. The third kappa shape index (κ3) is 4.62. The molecule has 2 aromatic heterocycles. The molecular weight excluding hydrogens is 386 g/mol. The second kappa shape index (κ2) is 8.75. The minimum absolute atomic E-state index is 0.125. The van der Waals surface area contributed by atoms with Gasteiger partial charge in [0.2, 0.25) is 17.0 Å². The van der Waals surface area contributed by atoms with Gasteiger partial charge in [-0.25, -0.2) is 9.89 Å². The SMILES string of the molecule is CCOC(=O)c1c(NC(=O)CSc2n[nH]c(N)n2)sc2c1CC[C@H](CC)C2. The normalized spacial score (nSPS) is 16.0. The van der Waals surface area contributed by atoms with E-state index in [0.29, 0.717) is 28.2 Å². The van der Waals surface area contributed by atoms with Gasteiger partial charge < -0.3 is 15.8 Å². The maximum Gasteiger partial charge on any atom is 0.341 e. The van der Waals surface area contributed by atoms with E-state index in [1.807, 2.05) is 0 Å². The molecule has 10 heteroatoms. The summed E-state index contributed by atoms with van der Waals surface area (Å²) in [7, 11) is 0. The minimum atomic E-state index is -0.366. The Labute approximate surface area is 165 Å². The van der Waals surface area contributed by atoms with Crippen molar-refractivity contribution in [3.8, 4) is 0 Å². The summed E-state index contributed by atoms with van der Waals surface area (Å²) in [5.41, 5.74) is 7.03. The number of thiophene rings is 1. The summed E-state index contributed by atoms with van der Waals surface area (Å²) < 4.78 is 5.23. The minimum Gasteiger partial charge on any atom is -0.462 e. The molecule has 0 radical (unpaired) electrons. The highest BCUT2D eigenvalue weighted by molar-refractivity contribution is 7.99. The third-order valence-electron chi connectivity index (χ3n) is 4.49. The quantitative estimate of drug-likeness (QED) is 0.474. The average Bonchev–Trinajstić information content (AvgIpc) is 3.22. The summed E-state index contributed by atoms with van der Waals surface area (Å²) in [6.45, 7) is 4.27. The van der Waals surface area contributed by atoms with E-state index in [0.717, 1.165) is 31.2 Å². The molecule has 1 aliphatic rings. The lowest BCUT2D eigenvalue weighted by Crippen LogP contribution is -2.18. The van der Waals surface area contributed by atoms with E-state index >= 15 is 0 Å². The number of esters is 1. The number of hydrogen-bond acceptors (Lipinski definition) is 8. The highest BCUT2D eigenvalue weighted by Crippen LogP contribution is 2.40. The molecule has 0 unspecified atom stereocenters. The third-order valence-corrected chi connectivity index (χ3v) is 6.51. The van der Waals surface area contributed by atoms with Gasteiger partial charge in [0.25, 0.3) is 0 Å². The van der Waals surface area contributed by atoms with Gasteiger partial charge >= 0.3 is 5.97 Å².